The number of hydrogen-bond acceptors (Lipinski definition) is 8. The van der Waals surface area contributed by atoms with Gasteiger partial charge in [0.2, 0.25) is 17.7 Å². The van der Waals surface area contributed by atoms with Crippen LogP contribution in [0.4, 0.5) is 0 Å². The van der Waals surface area contributed by atoms with Gasteiger partial charge >= 0.3 is 11.9 Å². The SMILES string of the molecule is CC(O)C(NC(=O)C1CCCN1)C(=O)NC(CCC(=O)O)C(=O)NC(Cc1cnc[nH]1)C(=O)O. The molecule has 14 nitrogen and oxygen atoms in total. The minimum Gasteiger partial charge on any atom is -0.481 e. The van der Waals surface area contributed by atoms with Crippen molar-refractivity contribution in [3.8, 4) is 0 Å². The number of carboxylic acids is 2. The first-order valence-corrected chi connectivity index (χ1v) is 10.8. The summed E-state index contributed by atoms with van der Waals surface area (Å²) in [6, 6.07) is -4.72. The van der Waals surface area contributed by atoms with Crippen LogP contribution in [0.15, 0.2) is 12.5 Å². The van der Waals surface area contributed by atoms with E-state index in [0.29, 0.717) is 18.7 Å². The minimum atomic E-state index is -1.42. The number of aromatic amines is 1. The first-order chi connectivity index (χ1) is 16.1. The zero-order valence-corrected chi connectivity index (χ0v) is 18.6. The summed E-state index contributed by atoms with van der Waals surface area (Å²) >= 11 is 0. The van der Waals surface area contributed by atoms with Gasteiger partial charge in [0, 0.05) is 24.7 Å². The summed E-state index contributed by atoms with van der Waals surface area (Å²) in [4.78, 5) is 67.1. The molecule has 34 heavy (non-hydrogen) atoms. The number of carbonyl (C=O) groups excluding carboxylic acids is 3. The van der Waals surface area contributed by atoms with E-state index in [-0.39, 0.29) is 12.8 Å². The van der Waals surface area contributed by atoms with Gasteiger partial charge in [0.25, 0.3) is 0 Å². The molecule has 14 heteroatoms. The fourth-order valence-electron chi connectivity index (χ4n) is 3.45. The lowest BCUT2D eigenvalue weighted by Crippen LogP contribution is -2.59. The van der Waals surface area contributed by atoms with E-state index in [2.05, 4.69) is 31.2 Å². The lowest BCUT2D eigenvalue weighted by atomic mass is 10.1. The van der Waals surface area contributed by atoms with Crippen LogP contribution in [0.5, 0.6) is 0 Å². The molecule has 0 aliphatic carbocycles. The number of rotatable bonds is 13. The summed E-state index contributed by atoms with van der Waals surface area (Å²) in [6.45, 7) is 1.92. The molecule has 1 aromatic rings. The van der Waals surface area contributed by atoms with E-state index in [1.54, 1.807) is 0 Å². The highest BCUT2D eigenvalue weighted by Crippen LogP contribution is 2.07. The van der Waals surface area contributed by atoms with Crippen LogP contribution >= 0.6 is 0 Å². The van der Waals surface area contributed by atoms with E-state index in [1.165, 1.54) is 19.4 Å². The average Bonchev–Trinajstić information content (AvgIpc) is 3.47. The lowest BCUT2D eigenvalue weighted by molar-refractivity contribution is -0.143. The van der Waals surface area contributed by atoms with Gasteiger partial charge in [0.15, 0.2) is 0 Å². The molecule has 3 amide bonds. The number of aliphatic hydroxyl groups excluding tert-OH is 1. The number of aliphatic hydroxyl groups is 1. The number of hydrogen-bond donors (Lipinski definition) is 8. The predicted molar refractivity (Wildman–Crippen MR) is 115 cm³/mol. The third-order valence-electron chi connectivity index (χ3n) is 5.31. The van der Waals surface area contributed by atoms with Crippen molar-refractivity contribution >= 4 is 29.7 Å². The molecule has 5 unspecified atom stereocenters. The Morgan fingerprint density at radius 3 is 2.35 bits per heavy atom. The number of carboxylic acid groups (broad SMARTS) is 2. The maximum atomic E-state index is 12.8. The Bertz CT molecular complexity index is 868. The van der Waals surface area contributed by atoms with Gasteiger partial charge in [-0.25, -0.2) is 9.78 Å². The average molecular weight is 482 g/mol. The molecule has 5 atom stereocenters. The molecule has 2 heterocycles. The number of nitrogens with one attached hydrogen (secondary N) is 5. The second kappa shape index (κ2) is 12.6. The van der Waals surface area contributed by atoms with Gasteiger partial charge in [-0.1, -0.05) is 0 Å². The fraction of sp³-hybridized carbons (Fsp3) is 0.600. The molecule has 1 aromatic heterocycles. The molecule has 0 saturated carbocycles. The third-order valence-corrected chi connectivity index (χ3v) is 5.31. The second-order valence-corrected chi connectivity index (χ2v) is 8.05. The van der Waals surface area contributed by atoms with Gasteiger partial charge in [0.1, 0.15) is 18.1 Å². The van der Waals surface area contributed by atoms with Crippen molar-refractivity contribution in [1.82, 2.24) is 31.2 Å². The minimum absolute atomic E-state index is 0.124. The Kier molecular flexibility index (Phi) is 9.94. The topological polar surface area (TPSA) is 223 Å². The predicted octanol–water partition coefficient (Wildman–Crippen LogP) is -2.51. The zero-order valence-electron chi connectivity index (χ0n) is 18.6. The normalized spacial score (nSPS) is 18.8. The van der Waals surface area contributed by atoms with Crippen molar-refractivity contribution < 1.29 is 39.3 Å². The summed E-state index contributed by atoms with van der Waals surface area (Å²) in [6.07, 6.45) is 1.81. The molecule has 2 rings (SSSR count). The fourth-order valence-corrected chi connectivity index (χ4v) is 3.45. The molecule has 1 aliphatic heterocycles. The molecule has 1 fully saturated rings. The standard InChI is InChI=1S/C20H30N6O8/c1-10(27)16(26-17(30)12-3-2-6-22-12)19(32)24-13(4-5-15(28)29)18(31)25-14(20(33)34)7-11-8-21-9-23-11/h8-10,12-14,16,22,27H,2-7H2,1H3,(H,21,23)(H,24,32)(H,25,31)(H,26,30)(H,28,29)(H,33,34). The van der Waals surface area contributed by atoms with E-state index in [4.69, 9.17) is 5.11 Å². The zero-order chi connectivity index (χ0) is 25.3. The van der Waals surface area contributed by atoms with Crippen LogP contribution in [0.2, 0.25) is 0 Å². The lowest BCUT2D eigenvalue weighted by Gasteiger charge is -2.26. The van der Waals surface area contributed by atoms with Crippen LogP contribution in [0.1, 0.15) is 38.3 Å². The monoisotopic (exact) mass is 482 g/mol. The Morgan fingerprint density at radius 2 is 1.82 bits per heavy atom. The Morgan fingerprint density at radius 1 is 1.12 bits per heavy atom. The largest absolute Gasteiger partial charge is 0.481 e. The molecule has 1 aliphatic rings. The number of carbonyl (C=O) groups is 5. The van der Waals surface area contributed by atoms with Crippen molar-refractivity contribution in [2.75, 3.05) is 6.54 Å². The van der Waals surface area contributed by atoms with Crippen molar-refractivity contribution in [1.29, 1.82) is 0 Å². The van der Waals surface area contributed by atoms with Gasteiger partial charge in [-0.15, -0.1) is 0 Å². The molecule has 188 valence electrons. The highest BCUT2D eigenvalue weighted by Gasteiger charge is 2.33. The Labute approximate surface area is 194 Å². The number of aliphatic carboxylic acids is 2. The van der Waals surface area contributed by atoms with E-state index >= 15 is 0 Å². The summed E-state index contributed by atoms with van der Waals surface area (Å²) < 4.78 is 0. The van der Waals surface area contributed by atoms with Gasteiger partial charge in [0.05, 0.1) is 18.5 Å². The van der Waals surface area contributed by atoms with Crippen molar-refractivity contribution in [2.24, 2.45) is 0 Å². The summed E-state index contributed by atoms with van der Waals surface area (Å²) in [5.74, 6) is -4.89. The molecular weight excluding hydrogens is 452 g/mol. The highest BCUT2D eigenvalue weighted by atomic mass is 16.4. The van der Waals surface area contributed by atoms with Gasteiger partial charge in [-0.3, -0.25) is 19.2 Å². The number of aromatic nitrogens is 2. The molecule has 0 aromatic carbocycles. The van der Waals surface area contributed by atoms with Crippen molar-refractivity contribution in [2.45, 2.75) is 69.3 Å². The maximum Gasteiger partial charge on any atom is 0.326 e. The molecular formula is C20H30N6O8. The van der Waals surface area contributed by atoms with Crippen molar-refractivity contribution in [3.63, 3.8) is 0 Å². The summed E-state index contributed by atoms with van der Waals surface area (Å²) in [5, 5.41) is 38.5. The number of nitrogens with zero attached hydrogens (tertiary/aromatic N) is 1. The van der Waals surface area contributed by atoms with Crippen LogP contribution in [0.3, 0.4) is 0 Å². The summed E-state index contributed by atoms with van der Waals surface area (Å²) in [7, 11) is 0. The molecule has 0 radical (unpaired) electrons. The third kappa shape index (κ3) is 8.12. The van der Waals surface area contributed by atoms with Gasteiger partial charge < -0.3 is 41.6 Å². The molecule has 0 bridgehead atoms. The second-order valence-electron chi connectivity index (χ2n) is 8.05. The Balaban J connectivity index is 2.09. The van der Waals surface area contributed by atoms with Crippen LogP contribution in [0.25, 0.3) is 0 Å². The van der Waals surface area contributed by atoms with Crippen LogP contribution in [-0.4, -0.2) is 91.8 Å². The number of H-pyrrole nitrogens is 1. The molecule has 1 saturated heterocycles. The number of amides is 3. The number of imidazole rings is 1. The maximum absolute atomic E-state index is 12.8. The molecule has 0 spiro atoms. The first-order valence-electron chi connectivity index (χ1n) is 10.8. The van der Waals surface area contributed by atoms with Gasteiger partial charge in [-0.2, -0.15) is 0 Å². The van der Waals surface area contributed by atoms with Crippen LogP contribution < -0.4 is 21.3 Å². The van der Waals surface area contributed by atoms with Gasteiger partial charge in [-0.05, 0) is 32.7 Å². The summed E-state index contributed by atoms with van der Waals surface area (Å²) in [5.41, 5.74) is 0.441. The van der Waals surface area contributed by atoms with Crippen LogP contribution in [-0.2, 0) is 30.4 Å². The quantitative estimate of drug-likeness (QED) is 0.147. The van der Waals surface area contributed by atoms with E-state index in [9.17, 15) is 34.2 Å². The molecule has 8 N–H and O–H groups in total. The highest BCUT2D eigenvalue weighted by molar-refractivity contribution is 5.94. The smallest absolute Gasteiger partial charge is 0.326 e. The van der Waals surface area contributed by atoms with E-state index in [0.717, 1.165) is 6.42 Å². The Hall–Kier alpha value is -3.52. The van der Waals surface area contributed by atoms with E-state index < -0.39 is 66.4 Å². The van der Waals surface area contributed by atoms with Crippen LogP contribution in [0, 0.1) is 0 Å². The van der Waals surface area contributed by atoms with E-state index in [1.807, 2.05) is 0 Å². The van der Waals surface area contributed by atoms with Crippen molar-refractivity contribution in [3.05, 3.63) is 18.2 Å². The first kappa shape index (κ1) is 26.7.